The molecule has 0 aromatic heterocycles. The summed E-state index contributed by atoms with van der Waals surface area (Å²) >= 11 is 1.11. The van der Waals surface area contributed by atoms with Crippen molar-refractivity contribution < 1.29 is 34.0 Å². The zero-order valence-corrected chi connectivity index (χ0v) is 17.6. The molecule has 0 fully saturated rings. The summed E-state index contributed by atoms with van der Waals surface area (Å²) in [6, 6.07) is 0. The number of hydrogen-bond donors (Lipinski definition) is 2. The third-order valence-electron chi connectivity index (χ3n) is 4.44. The van der Waals surface area contributed by atoms with Gasteiger partial charge in [-0.25, -0.2) is 0 Å². The number of benzene rings is 1. The van der Waals surface area contributed by atoms with Crippen molar-refractivity contribution in [3.05, 3.63) is 39.1 Å². The molecule has 23 heavy (non-hydrogen) atoms. The number of carbonyl (C=O) groups is 2. The zero-order valence-electron chi connectivity index (χ0n) is 14.7. The van der Waals surface area contributed by atoms with Gasteiger partial charge in [-0.1, -0.05) is 0 Å². The number of rotatable bonds is 5. The Morgan fingerprint density at radius 2 is 1.39 bits per heavy atom. The molecule has 0 saturated carbocycles. The first kappa shape index (κ1) is 19.5. The first-order valence-corrected chi connectivity index (χ1v) is 8.80. The van der Waals surface area contributed by atoms with Gasteiger partial charge in [-0.15, -0.1) is 0 Å². The summed E-state index contributed by atoms with van der Waals surface area (Å²) < 4.78 is 0.755. The van der Waals surface area contributed by atoms with Crippen LogP contribution in [0.5, 0.6) is 0 Å². The standard InChI is InChI=1S/C18H23NO3.W/c1-9(8-10(2)20)15(7)19-17-14(6)12(4)11(3)13(5)16(17)18(21)22;/h19H,1-7H3,(H,21,22);. The van der Waals surface area contributed by atoms with Gasteiger partial charge in [-0.2, -0.15) is 0 Å². The molecule has 0 spiro atoms. The minimum absolute atomic E-state index is 0.0464. The van der Waals surface area contributed by atoms with Gasteiger partial charge in [0, 0.05) is 0 Å². The Labute approximate surface area is 148 Å². The Balaban J connectivity index is 3.56. The Morgan fingerprint density at radius 3 is 1.83 bits per heavy atom. The molecule has 2 N–H and O–H groups in total. The van der Waals surface area contributed by atoms with Crippen LogP contribution in [0, 0.1) is 27.7 Å². The van der Waals surface area contributed by atoms with E-state index in [9.17, 15) is 14.7 Å². The van der Waals surface area contributed by atoms with Gasteiger partial charge in [0.25, 0.3) is 0 Å². The number of ketones is 1. The van der Waals surface area contributed by atoms with Crippen molar-refractivity contribution in [2.24, 2.45) is 0 Å². The zero-order chi connectivity index (χ0) is 18.1. The van der Waals surface area contributed by atoms with E-state index in [-0.39, 0.29) is 5.78 Å². The van der Waals surface area contributed by atoms with Gasteiger partial charge >= 0.3 is 148 Å². The quantitative estimate of drug-likeness (QED) is 0.669. The maximum absolute atomic E-state index is 11.7. The monoisotopic (exact) mass is 485 g/mol. The van der Waals surface area contributed by atoms with E-state index in [1.54, 1.807) is 6.92 Å². The molecule has 0 aliphatic heterocycles. The number of hydrogen-bond acceptors (Lipinski definition) is 3. The molecule has 0 saturated heterocycles. The number of nitrogens with one attached hydrogen (secondary N) is 1. The van der Waals surface area contributed by atoms with E-state index in [1.165, 1.54) is 0 Å². The molecule has 1 rings (SSSR count). The van der Waals surface area contributed by atoms with Crippen molar-refractivity contribution in [1.82, 2.24) is 0 Å². The Bertz CT molecular complexity index is 745. The van der Waals surface area contributed by atoms with Crippen molar-refractivity contribution in [1.29, 1.82) is 0 Å². The molecule has 0 aliphatic carbocycles. The van der Waals surface area contributed by atoms with Crippen molar-refractivity contribution in [2.45, 2.75) is 48.5 Å². The molecule has 0 heterocycles. The first-order valence-electron chi connectivity index (χ1n) is 7.34. The molecule has 124 valence electrons. The molecule has 0 bridgehead atoms. The van der Waals surface area contributed by atoms with E-state index in [0.717, 1.165) is 56.8 Å². The van der Waals surface area contributed by atoms with Crippen LogP contribution in [0.1, 0.15) is 53.4 Å². The third-order valence-corrected chi connectivity index (χ3v) is 6.57. The molecule has 0 unspecified atom stereocenters. The minimum atomic E-state index is -0.945. The summed E-state index contributed by atoms with van der Waals surface area (Å²) in [5.41, 5.74) is 6.36. The summed E-state index contributed by atoms with van der Waals surface area (Å²) in [5, 5.41) is 12.9. The van der Waals surface area contributed by atoms with Crippen LogP contribution in [0.15, 0.2) is 11.3 Å². The summed E-state index contributed by atoms with van der Waals surface area (Å²) in [5.74, 6) is -0.898. The molecule has 0 aliphatic rings. The van der Waals surface area contributed by atoms with Gasteiger partial charge in [0.05, 0.1) is 0 Å². The van der Waals surface area contributed by atoms with E-state index in [2.05, 4.69) is 5.32 Å². The van der Waals surface area contributed by atoms with E-state index in [1.807, 2.05) is 41.5 Å². The predicted octanol–water partition coefficient (Wildman–Crippen LogP) is 3.63. The average molecular weight is 485 g/mol. The third kappa shape index (κ3) is 3.87. The fraction of sp³-hybridized carbons (Fsp3) is 0.389. The van der Waals surface area contributed by atoms with Crippen LogP contribution in [-0.2, 0) is 24.1 Å². The second-order valence-corrected chi connectivity index (χ2v) is 7.28. The van der Waals surface area contributed by atoms with E-state index in [0.29, 0.717) is 11.3 Å². The van der Waals surface area contributed by atoms with Gasteiger partial charge in [-0.3, -0.25) is 0 Å². The van der Waals surface area contributed by atoms with Gasteiger partial charge in [0.15, 0.2) is 0 Å². The molecule has 1 aromatic carbocycles. The molecular weight excluding hydrogens is 462 g/mol. The topological polar surface area (TPSA) is 66.4 Å². The number of carboxylic acid groups (broad SMARTS) is 1. The Hall–Kier alpha value is -1.54. The van der Waals surface area contributed by atoms with Crippen molar-refractivity contribution in [3.8, 4) is 0 Å². The molecule has 4 nitrogen and oxygen atoms in total. The van der Waals surface area contributed by atoms with Gasteiger partial charge in [0.2, 0.25) is 0 Å². The van der Waals surface area contributed by atoms with Crippen LogP contribution in [0.4, 0.5) is 5.69 Å². The second-order valence-electron chi connectivity index (χ2n) is 5.82. The maximum atomic E-state index is 11.7. The molecule has 0 amide bonds. The Morgan fingerprint density at radius 1 is 0.913 bits per heavy atom. The van der Waals surface area contributed by atoms with Gasteiger partial charge in [0.1, 0.15) is 0 Å². The SMILES string of the molecule is CC(=O)[C](=[W])C(C)=C(C)Nc1c(C)c(C)c(C)c(C)c1C(=O)O. The van der Waals surface area contributed by atoms with E-state index < -0.39 is 5.97 Å². The summed E-state index contributed by atoms with van der Waals surface area (Å²) in [6.45, 7) is 13.0. The predicted molar refractivity (Wildman–Crippen MR) is 90.0 cm³/mol. The van der Waals surface area contributed by atoms with Gasteiger partial charge < -0.3 is 0 Å². The number of aromatic carboxylic acids is 1. The van der Waals surface area contributed by atoms with E-state index >= 15 is 0 Å². The number of carbonyl (C=O) groups excluding carboxylic acids is 1. The normalized spacial score (nSPS) is 11.8. The molecule has 1 aromatic rings. The van der Waals surface area contributed by atoms with Crippen LogP contribution >= 0.6 is 0 Å². The number of allylic oxidation sites excluding steroid dienone is 2. The fourth-order valence-electron chi connectivity index (χ4n) is 2.45. The summed E-state index contributed by atoms with van der Waals surface area (Å²) in [7, 11) is 0. The van der Waals surface area contributed by atoms with Crippen LogP contribution < -0.4 is 5.32 Å². The average Bonchev–Trinajstić information content (AvgIpc) is 2.48. The van der Waals surface area contributed by atoms with Crippen LogP contribution in [0.2, 0.25) is 0 Å². The molecule has 0 radical (unpaired) electrons. The number of anilines is 1. The second kappa shape index (κ2) is 7.35. The van der Waals surface area contributed by atoms with Gasteiger partial charge in [-0.05, 0) is 0 Å². The van der Waals surface area contributed by atoms with Crippen LogP contribution in [0.3, 0.4) is 0 Å². The number of carboxylic acids is 1. The van der Waals surface area contributed by atoms with Crippen molar-refractivity contribution in [2.75, 3.05) is 5.32 Å². The van der Waals surface area contributed by atoms with Crippen molar-refractivity contribution >= 4 is 21.3 Å². The molecule has 5 heteroatoms. The first-order chi connectivity index (χ1) is 10.5. The Kier molecular flexibility index (Phi) is 6.24. The molecular formula is C18H23NO3W. The van der Waals surface area contributed by atoms with Crippen molar-refractivity contribution in [3.63, 3.8) is 0 Å². The number of Topliss-reactive ketones (excluding diaryl/α,β-unsaturated/α-hetero) is 1. The summed E-state index contributed by atoms with van der Waals surface area (Å²) in [4.78, 5) is 23.3. The fourth-order valence-corrected chi connectivity index (χ4v) is 3.00. The van der Waals surface area contributed by atoms with Crippen LogP contribution in [-0.4, -0.2) is 20.8 Å². The summed E-state index contributed by atoms with van der Waals surface area (Å²) in [6.07, 6.45) is 0. The van der Waals surface area contributed by atoms with E-state index in [4.69, 9.17) is 0 Å². The van der Waals surface area contributed by atoms with Crippen LogP contribution in [0.25, 0.3) is 0 Å². The molecule has 0 atom stereocenters.